The first kappa shape index (κ1) is 16.7. The summed E-state index contributed by atoms with van der Waals surface area (Å²) in [5.74, 6) is 5.19. The van der Waals surface area contributed by atoms with E-state index in [4.69, 9.17) is 5.73 Å². The number of nitrogens with one attached hydrogen (secondary N) is 1. The summed E-state index contributed by atoms with van der Waals surface area (Å²) < 4.78 is 47.9. The van der Waals surface area contributed by atoms with Crippen LogP contribution in [0.1, 0.15) is 5.56 Å². The highest BCUT2D eigenvalue weighted by molar-refractivity contribution is 7.91. The van der Waals surface area contributed by atoms with Crippen molar-refractivity contribution in [2.24, 2.45) is 5.73 Å². The predicted molar refractivity (Wildman–Crippen MR) is 77.3 cm³/mol. The summed E-state index contributed by atoms with van der Waals surface area (Å²) in [6.45, 7) is 0.0724. The summed E-state index contributed by atoms with van der Waals surface area (Å²) in [5, 5.41) is 0. The van der Waals surface area contributed by atoms with Crippen molar-refractivity contribution in [3.63, 3.8) is 0 Å². The first-order valence-electron chi connectivity index (χ1n) is 5.71. The first-order valence-corrected chi connectivity index (χ1v) is 9.25. The molecule has 0 aromatic heterocycles. The minimum Gasteiger partial charge on any atom is -0.320 e. The van der Waals surface area contributed by atoms with Crippen molar-refractivity contribution < 1.29 is 16.8 Å². The molecule has 3 N–H and O–H groups in total. The van der Waals surface area contributed by atoms with Gasteiger partial charge < -0.3 is 5.73 Å². The van der Waals surface area contributed by atoms with Crippen LogP contribution in [0, 0.1) is 11.8 Å². The molecule has 1 aromatic rings. The van der Waals surface area contributed by atoms with Crippen molar-refractivity contribution >= 4 is 19.9 Å². The van der Waals surface area contributed by atoms with Crippen molar-refractivity contribution in [3.05, 3.63) is 29.8 Å². The van der Waals surface area contributed by atoms with Crippen LogP contribution in [0.5, 0.6) is 0 Å². The molecular formula is C12H16N2O4S2. The summed E-state index contributed by atoms with van der Waals surface area (Å²) >= 11 is 0. The van der Waals surface area contributed by atoms with Crippen LogP contribution in [0.3, 0.4) is 0 Å². The fourth-order valence-corrected chi connectivity index (χ4v) is 2.95. The lowest BCUT2D eigenvalue weighted by atomic mass is 10.2. The highest BCUT2D eigenvalue weighted by Gasteiger charge is 2.14. The molecule has 6 nitrogen and oxygen atoms in total. The van der Waals surface area contributed by atoms with Gasteiger partial charge in [0.2, 0.25) is 10.0 Å². The van der Waals surface area contributed by atoms with E-state index in [2.05, 4.69) is 16.6 Å². The Morgan fingerprint density at radius 2 is 1.75 bits per heavy atom. The van der Waals surface area contributed by atoms with Crippen LogP contribution in [-0.2, 0) is 19.9 Å². The zero-order chi connectivity index (χ0) is 15.2. The van der Waals surface area contributed by atoms with Gasteiger partial charge in [0.15, 0.2) is 0 Å². The van der Waals surface area contributed by atoms with Gasteiger partial charge in [0.1, 0.15) is 9.84 Å². The van der Waals surface area contributed by atoms with Crippen LogP contribution in [0.2, 0.25) is 0 Å². The van der Waals surface area contributed by atoms with Crippen LogP contribution in [-0.4, -0.2) is 41.9 Å². The summed E-state index contributed by atoms with van der Waals surface area (Å²) in [7, 11) is -6.91. The van der Waals surface area contributed by atoms with Gasteiger partial charge >= 0.3 is 0 Å². The van der Waals surface area contributed by atoms with E-state index >= 15 is 0 Å². The molecular weight excluding hydrogens is 300 g/mol. The molecule has 0 spiro atoms. The lowest BCUT2D eigenvalue weighted by Crippen LogP contribution is -2.28. The lowest BCUT2D eigenvalue weighted by Gasteiger charge is -2.06. The predicted octanol–water partition coefficient (Wildman–Crippen LogP) is -0.680. The molecule has 20 heavy (non-hydrogen) atoms. The standard InChI is InChI=1S/C12H16N2O4S2/c1-19(15,16)10-9-14-20(17,18)12-6-4-11(5-7-12)3-2-8-13/h4-7,14H,8-10,13H2,1H3. The van der Waals surface area contributed by atoms with E-state index in [1.807, 2.05) is 0 Å². The molecule has 0 saturated heterocycles. The molecule has 0 aliphatic rings. The quantitative estimate of drug-likeness (QED) is 0.700. The number of sulfonamides is 1. The Hall–Kier alpha value is -1.40. The van der Waals surface area contributed by atoms with Crippen LogP contribution in [0.4, 0.5) is 0 Å². The minimum absolute atomic E-state index is 0.0595. The second kappa shape index (κ2) is 6.85. The molecule has 1 aromatic carbocycles. The maximum absolute atomic E-state index is 11.9. The summed E-state index contributed by atoms with van der Waals surface area (Å²) in [6.07, 6.45) is 1.05. The highest BCUT2D eigenvalue weighted by atomic mass is 32.2. The van der Waals surface area contributed by atoms with E-state index in [9.17, 15) is 16.8 Å². The monoisotopic (exact) mass is 316 g/mol. The zero-order valence-corrected chi connectivity index (χ0v) is 12.6. The minimum atomic E-state index is -3.71. The number of rotatable bonds is 5. The van der Waals surface area contributed by atoms with Crippen LogP contribution in [0.25, 0.3) is 0 Å². The van der Waals surface area contributed by atoms with Gasteiger partial charge in [-0.3, -0.25) is 0 Å². The Morgan fingerprint density at radius 1 is 1.15 bits per heavy atom. The van der Waals surface area contributed by atoms with E-state index in [0.717, 1.165) is 6.26 Å². The Balaban J connectivity index is 2.78. The average molecular weight is 316 g/mol. The molecule has 8 heteroatoms. The normalized spacial score (nSPS) is 11.7. The van der Waals surface area contributed by atoms with E-state index in [1.54, 1.807) is 12.1 Å². The molecule has 0 saturated carbocycles. The highest BCUT2D eigenvalue weighted by Crippen LogP contribution is 2.09. The third kappa shape index (κ3) is 5.71. The van der Waals surface area contributed by atoms with Gasteiger partial charge in [-0.1, -0.05) is 11.8 Å². The van der Waals surface area contributed by atoms with Gasteiger partial charge in [-0.15, -0.1) is 0 Å². The summed E-state index contributed by atoms with van der Waals surface area (Å²) in [5.41, 5.74) is 5.89. The van der Waals surface area contributed by atoms with Crippen LogP contribution in [0.15, 0.2) is 29.2 Å². The second-order valence-corrected chi connectivity index (χ2v) is 8.08. The van der Waals surface area contributed by atoms with Crippen molar-refractivity contribution in [2.75, 3.05) is 25.1 Å². The molecule has 0 aliphatic heterocycles. The summed E-state index contributed by atoms with van der Waals surface area (Å²) in [6, 6.07) is 5.94. The smallest absolute Gasteiger partial charge is 0.240 e. The van der Waals surface area contributed by atoms with E-state index in [0.29, 0.717) is 5.56 Å². The topological polar surface area (TPSA) is 106 Å². The third-order valence-electron chi connectivity index (χ3n) is 2.26. The van der Waals surface area contributed by atoms with Crippen LogP contribution < -0.4 is 10.5 Å². The molecule has 1 rings (SSSR count). The van der Waals surface area contributed by atoms with Gasteiger partial charge in [-0.25, -0.2) is 21.6 Å². The number of hydrogen-bond donors (Lipinski definition) is 2. The summed E-state index contributed by atoms with van der Waals surface area (Å²) in [4.78, 5) is 0.0595. The molecule has 0 heterocycles. The SMILES string of the molecule is CS(=O)(=O)CCNS(=O)(=O)c1ccc(C#CCN)cc1. The van der Waals surface area contributed by atoms with Crippen molar-refractivity contribution in [1.82, 2.24) is 4.72 Å². The second-order valence-electron chi connectivity index (χ2n) is 4.06. The Bertz CT molecular complexity index is 711. The van der Waals surface area contributed by atoms with Crippen molar-refractivity contribution in [3.8, 4) is 11.8 Å². The molecule has 0 amide bonds. The fraction of sp³-hybridized carbons (Fsp3) is 0.333. The molecule has 110 valence electrons. The average Bonchev–Trinajstić information content (AvgIpc) is 2.35. The van der Waals surface area contributed by atoms with Crippen molar-refractivity contribution in [1.29, 1.82) is 0 Å². The van der Waals surface area contributed by atoms with E-state index < -0.39 is 19.9 Å². The molecule has 0 aliphatic carbocycles. The lowest BCUT2D eigenvalue weighted by molar-refractivity contribution is 0.582. The Labute approximate surface area is 119 Å². The molecule has 0 unspecified atom stereocenters. The van der Waals surface area contributed by atoms with E-state index in [1.165, 1.54) is 12.1 Å². The zero-order valence-electron chi connectivity index (χ0n) is 11.0. The van der Waals surface area contributed by atoms with Crippen molar-refractivity contribution in [2.45, 2.75) is 4.90 Å². The maximum Gasteiger partial charge on any atom is 0.240 e. The number of nitrogens with two attached hydrogens (primary N) is 1. The Kier molecular flexibility index (Phi) is 5.71. The molecule has 0 bridgehead atoms. The number of benzene rings is 1. The largest absolute Gasteiger partial charge is 0.320 e. The van der Waals surface area contributed by atoms with Gasteiger partial charge in [0.25, 0.3) is 0 Å². The van der Waals surface area contributed by atoms with Gasteiger partial charge in [0.05, 0.1) is 17.2 Å². The first-order chi connectivity index (χ1) is 9.24. The Morgan fingerprint density at radius 3 is 2.25 bits per heavy atom. The van der Waals surface area contributed by atoms with Crippen LogP contribution >= 0.6 is 0 Å². The molecule has 0 radical (unpaired) electrons. The number of hydrogen-bond acceptors (Lipinski definition) is 5. The van der Waals surface area contributed by atoms with Gasteiger partial charge in [0, 0.05) is 18.4 Å². The maximum atomic E-state index is 11.9. The fourth-order valence-electron chi connectivity index (χ4n) is 1.32. The molecule has 0 fully saturated rings. The third-order valence-corrected chi connectivity index (χ3v) is 4.69. The number of sulfone groups is 1. The van der Waals surface area contributed by atoms with E-state index in [-0.39, 0.29) is 23.7 Å². The molecule has 0 atom stereocenters. The van der Waals surface area contributed by atoms with Gasteiger partial charge in [-0.2, -0.15) is 0 Å². The van der Waals surface area contributed by atoms with Gasteiger partial charge in [-0.05, 0) is 24.3 Å².